The van der Waals surface area contributed by atoms with Crippen LogP contribution < -0.4 is 0 Å². The van der Waals surface area contributed by atoms with E-state index in [0.29, 0.717) is 16.0 Å². The molecule has 1 fully saturated rings. The highest BCUT2D eigenvalue weighted by atomic mass is 35.5. The van der Waals surface area contributed by atoms with E-state index in [4.69, 9.17) is 11.6 Å². The molecule has 1 aliphatic rings. The Morgan fingerprint density at radius 3 is 2.75 bits per heavy atom. The van der Waals surface area contributed by atoms with Gasteiger partial charge < -0.3 is 0 Å². The van der Waals surface area contributed by atoms with Crippen molar-refractivity contribution in [2.24, 2.45) is 5.41 Å². The molecule has 1 unspecified atom stereocenters. The molecule has 0 aromatic heterocycles. The zero-order chi connectivity index (χ0) is 14.8. The summed E-state index contributed by atoms with van der Waals surface area (Å²) in [6.07, 6.45) is 3.56. The van der Waals surface area contributed by atoms with Crippen LogP contribution >= 0.6 is 11.6 Å². The molecule has 2 nitrogen and oxygen atoms in total. The van der Waals surface area contributed by atoms with Crippen LogP contribution in [0.2, 0.25) is 5.02 Å². The maximum Gasteiger partial charge on any atom is 0.179 e. The summed E-state index contributed by atoms with van der Waals surface area (Å²) in [4.78, 5) is 14.9. The Morgan fingerprint density at radius 2 is 2.05 bits per heavy atom. The van der Waals surface area contributed by atoms with Crippen molar-refractivity contribution in [2.45, 2.75) is 46.1 Å². The molecule has 0 bridgehead atoms. The maximum absolute atomic E-state index is 12.6. The third-order valence-corrected chi connectivity index (χ3v) is 4.65. The minimum atomic E-state index is -0.0673. The van der Waals surface area contributed by atoms with E-state index in [1.54, 1.807) is 12.1 Å². The van der Waals surface area contributed by atoms with Gasteiger partial charge in [-0.15, -0.1) is 0 Å². The molecule has 0 N–H and O–H groups in total. The van der Waals surface area contributed by atoms with Gasteiger partial charge >= 0.3 is 0 Å². The van der Waals surface area contributed by atoms with Crippen molar-refractivity contribution in [3.8, 4) is 0 Å². The van der Waals surface area contributed by atoms with Crippen LogP contribution in [-0.2, 0) is 0 Å². The number of benzene rings is 1. The van der Waals surface area contributed by atoms with Gasteiger partial charge in [0.15, 0.2) is 5.78 Å². The molecule has 1 atom stereocenters. The Labute approximate surface area is 127 Å². The number of rotatable bonds is 3. The number of Topliss-reactive ketones (excluding diaryl/α,β-unsaturated/α-hetero) is 1. The number of hydrogen-bond donors (Lipinski definition) is 0. The van der Waals surface area contributed by atoms with Crippen LogP contribution in [0.5, 0.6) is 0 Å². The van der Waals surface area contributed by atoms with Crippen molar-refractivity contribution in [1.29, 1.82) is 0 Å². The van der Waals surface area contributed by atoms with E-state index in [-0.39, 0.29) is 11.8 Å². The van der Waals surface area contributed by atoms with Crippen molar-refractivity contribution in [3.05, 3.63) is 34.9 Å². The van der Waals surface area contributed by atoms with E-state index in [1.165, 1.54) is 12.8 Å². The van der Waals surface area contributed by atoms with Crippen LogP contribution in [0.3, 0.4) is 0 Å². The molecule has 1 aliphatic heterocycles. The zero-order valence-corrected chi connectivity index (χ0v) is 13.4. The molecule has 1 aromatic rings. The lowest BCUT2D eigenvalue weighted by atomic mass is 9.85. The molecule has 1 heterocycles. The quantitative estimate of drug-likeness (QED) is 0.769. The Kier molecular flexibility index (Phi) is 4.87. The largest absolute Gasteiger partial charge is 0.293 e. The number of halogens is 1. The fourth-order valence-electron chi connectivity index (χ4n) is 2.88. The first-order chi connectivity index (χ1) is 9.39. The molecule has 20 heavy (non-hydrogen) atoms. The van der Waals surface area contributed by atoms with E-state index in [9.17, 15) is 4.79 Å². The van der Waals surface area contributed by atoms with Crippen LogP contribution in [0.1, 0.15) is 50.4 Å². The number of ketones is 1. The first-order valence-corrected chi connectivity index (χ1v) is 7.81. The standard InChI is InChI=1S/C17H24ClNO/c1-13(16(20)14-6-4-7-15(18)12-14)19-10-5-8-17(2,3)9-11-19/h4,6-7,12-13H,5,8-11H2,1-3H3. The van der Waals surface area contributed by atoms with Crippen LogP contribution in [0.15, 0.2) is 24.3 Å². The van der Waals surface area contributed by atoms with Crippen LogP contribution in [0, 0.1) is 5.41 Å². The van der Waals surface area contributed by atoms with E-state index in [1.807, 2.05) is 19.1 Å². The Balaban J connectivity index is 2.07. The summed E-state index contributed by atoms with van der Waals surface area (Å²) >= 11 is 5.98. The number of likely N-dealkylation sites (tertiary alicyclic amines) is 1. The molecule has 1 saturated heterocycles. The molecule has 110 valence electrons. The number of nitrogens with zero attached hydrogens (tertiary/aromatic N) is 1. The normalized spacial score (nSPS) is 21.2. The lowest BCUT2D eigenvalue weighted by molar-refractivity contribution is 0.0838. The summed E-state index contributed by atoms with van der Waals surface area (Å²) in [6.45, 7) is 8.67. The van der Waals surface area contributed by atoms with E-state index in [0.717, 1.165) is 19.5 Å². The van der Waals surface area contributed by atoms with Gasteiger partial charge in [0.25, 0.3) is 0 Å². The van der Waals surface area contributed by atoms with Crippen molar-refractivity contribution in [1.82, 2.24) is 4.90 Å². The second-order valence-corrected chi connectivity index (χ2v) is 7.04. The van der Waals surface area contributed by atoms with E-state index in [2.05, 4.69) is 18.7 Å². The monoisotopic (exact) mass is 293 g/mol. The average Bonchev–Trinajstić information content (AvgIpc) is 2.58. The highest BCUT2D eigenvalue weighted by Gasteiger charge is 2.28. The molecule has 2 rings (SSSR count). The minimum Gasteiger partial charge on any atom is -0.293 e. The van der Waals surface area contributed by atoms with Gasteiger partial charge in [-0.1, -0.05) is 37.6 Å². The number of hydrogen-bond acceptors (Lipinski definition) is 2. The lowest BCUT2D eigenvalue weighted by Gasteiger charge is -2.27. The smallest absolute Gasteiger partial charge is 0.179 e. The average molecular weight is 294 g/mol. The third kappa shape index (κ3) is 3.83. The molecule has 0 radical (unpaired) electrons. The number of carbonyl (C=O) groups excluding carboxylic acids is 1. The first kappa shape index (κ1) is 15.5. The van der Waals surface area contributed by atoms with Crippen molar-refractivity contribution in [3.63, 3.8) is 0 Å². The van der Waals surface area contributed by atoms with Crippen LogP contribution in [0.4, 0.5) is 0 Å². The van der Waals surface area contributed by atoms with Gasteiger partial charge in [0.1, 0.15) is 0 Å². The molecule has 1 aromatic carbocycles. The second-order valence-electron chi connectivity index (χ2n) is 6.60. The summed E-state index contributed by atoms with van der Waals surface area (Å²) in [5.41, 5.74) is 1.11. The van der Waals surface area contributed by atoms with Gasteiger partial charge in [0, 0.05) is 10.6 Å². The molecular weight excluding hydrogens is 270 g/mol. The predicted octanol–water partition coefficient (Wildman–Crippen LogP) is 4.42. The van der Waals surface area contributed by atoms with Gasteiger partial charge in [0.2, 0.25) is 0 Å². The number of carbonyl (C=O) groups is 1. The molecule has 0 amide bonds. The van der Waals surface area contributed by atoms with E-state index >= 15 is 0 Å². The highest BCUT2D eigenvalue weighted by Crippen LogP contribution is 2.30. The Bertz CT molecular complexity index is 484. The van der Waals surface area contributed by atoms with Gasteiger partial charge in [-0.05, 0) is 56.8 Å². The zero-order valence-electron chi connectivity index (χ0n) is 12.7. The minimum absolute atomic E-state index is 0.0673. The van der Waals surface area contributed by atoms with Gasteiger partial charge in [-0.25, -0.2) is 0 Å². The molecular formula is C17H24ClNO. The molecule has 0 saturated carbocycles. The summed E-state index contributed by atoms with van der Waals surface area (Å²) in [6, 6.07) is 7.20. The fourth-order valence-corrected chi connectivity index (χ4v) is 3.07. The SMILES string of the molecule is CC(C(=O)c1cccc(Cl)c1)N1CCCC(C)(C)CC1. The summed E-state index contributed by atoms with van der Waals surface area (Å²) < 4.78 is 0. The summed E-state index contributed by atoms with van der Waals surface area (Å²) in [5.74, 6) is 0.173. The summed E-state index contributed by atoms with van der Waals surface area (Å²) in [7, 11) is 0. The van der Waals surface area contributed by atoms with Crippen molar-refractivity contribution < 1.29 is 4.79 Å². The molecule has 3 heteroatoms. The van der Waals surface area contributed by atoms with Gasteiger partial charge in [0.05, 0.1) is 6.04 Å². The predicted molar refractivity (Wildman–Crippen MR) is 84.4 cm³/mol. The second kappa shape index (κ2) is 6.28. The fraction of sp³-hybridized carbons (Fsp3) is 0.588. The summed E-state index contributed by atoms with van der Waals surface area (Å²) in [5, 5.41) is 0.625. The van der Waals surface area contributed by atoms with E-state index < -0.39 is 0 Å². The Hall–Kier alpha value is -0.860. The maximum atomic E-state index is 12.6. The van der Waals surface area contributed by atoms with Crippen molar-refractivity contribution >= 4 is 17.4 Å². The molecule has 0 aliphatic carbocycles. The van der Waals surface area contributed by atoms with Crippen LogP contribution in [0.25, 0.3) is 0 Å². The lowest BCUT2D eigenvalue weighted by Crippen LogP contribution is -2.40. The highest BCUT2D eigenvalue weighted by molar-refractivity contribution is 6.31. The first-order valence-electron chi connectivity index (χ1n) is 7.43. The molecule has 0 spiro atoms. The van der Waals surface area contributed by atoms with Crippen molar-refractivity contribution in [2.75, 3.05) is 13.1 Å². The third-order valence-electron chi connectivity index (χ3n) is 4.41. The van der Waals surface area contributed by atoms with Gasteiger partial charge in [-0.2, -0.15) is 0 Å². The Morgan fingerprint density at radius 1 is 1.30 bits per heavy atom. The van der Waals surface area contributed by atoms with Crippen LogP contribution in [-0.4, -0.2) is 29.8 Å². The van der Waals surface area contributed by atoms with Gasteiger partial charge in [-0.3, -0.25) is 9.69 Å². The topological polar surface area (TPSA) is 20.3 Å².